The van der Waals surface area contributed by atoms with Crippen molar-refractivity contribution in [2.75, 3.05) is 13.1 Å². The Kier molecular flexibility index (Phi) is 4.35. The average Bonchev–Trinajstić information content (AvgIpc) is 2.66. The molecule has 1 heterocycles. The summed E-state index contributed by atoms with van der Waals surface area (Å²) in [5.41, 5.74) is 0. The molecule has 0 radical (unpaired) electrons. The second kappa shape index (κ2) is 5.43. The number of nitrogens with one attached hydrogen (secondary N) is 1. The third kappa shape index (κ3) is 3.81. The number of aliphatic hydroxyl groups is 1. The average molecular weight is 284 g/mol. The molecule has 10 heteroatoms. The molecule has 0 saturated carbocycles. The molecule has 0 aliphatic carbocycles. The van der Waals surface area contributed by atoms with Crippen LogP contribution in [0.3, 0.4) is 0 Å². The molecule has 1 aliphatic heterocycles. The van der Waals surface area contributed by atoms with Gasteiger partial charge in [0.2, 0.25) is 5.91 Å². The lowest BCUT2D eigenvalue weighted by Gasteiger charge is -2.21. The van der Waals surface area contributed by atoms with Crippen LogP contribution in [0.25, 0.3) is 0 Å². The third-order valence-corrected chi connectivity index (χ3v) is 2.54. The zero-order valence-corrected chi connectivity index (χ0v) is 9.48. The molecule has 2 amide bonds. The molecule has 1 saturated heterocycles. The van der Waals surface area contributed by atoms with Gasteiger partial charge in [0.25, 0.3) is 0 Å². The van der Waals surface area contributed by atoms with Gasteiger partial charge in [0.15, 0.2) is 0 Å². The van der Waals surface area contributed by atoms with E-state index < -0.39 is 42.7 Å². The number of aliphatic carboxylic acids is 1. The summed E-state index contributed by atoms with van der Waals surface area (Å²) in [5.74, 6) is -4.65. The van der Waals surface area contributed by atoms with E-state index in [1.165, 1.54) is 5.32 Å². The zero-order chi connectivity index (χ0) is 14.8. The van der Waals surface area contributed by atoms with Gasteiger partial charge in [0.1, 0.15) is 6.04 Å². The van der Waals surface area contributed by atoms with Gasteiger partial charge in [-0.05, 0) is 0 Å². The standard InChI is InChI=1S/C9H11F3N2O5/c10-9(11,12)8(19)13-2-6(16)14-3-4(15)1-5(14)7(17)18/h4-5,15H,1-3H2,(H,13,19)(H,17,18)/t4-,5+/m1/s1. The van der Waals surface area contributed by atoms with E-state index in [4.69, 9.17) is 5.11 Å². The van der Waals surface area contributed by atoms with Gasteiger partial charge < -0.3 is 20.4 Å². The lowest BCUT2D eigenvalue weighted by atomic mass is 10.2. The molecule has 0 aromatic rings. The van der Waals surface area contributed by atoms with Crippen LogP contribution in [-0.2, 0) is 14.4 Å². The minimum Gasteiger partial charge on any atom is -0.480 e. The van der Waals surface area contributed by atoms with E-state index in [-0.39, 0.29) is 13.0 Å². The van der Waals surface area contributed by atoms with Crippen LogP contribution in [0.2, 0.25) is 0 Å². The monoisotopic (exact) mass is 284 g/mol. The Hall–Kier alpha value is -1.84. The number of hydrogen-bond acceptors (Lipinski definition) is 4. The van der Waals surface area contributed by atoms with Crippen LogP contribution in [0.4, 0.5) is 13.2 Å². The molecule has 1 fully saturated rings. The Morgan fingerprint density at radius 2 is 1.89 bits per heavy atom. The van der Waals surface area contributed by atoms with Gasteiger partial charge in [-0.15, -0.1) is 0 Å². The molecule has 7 nitrogen and oxygen atoms in total. The number of carboxylic acids is 1. The van der Waals surface area contributed by atoms with Crippen LogP contribution < -0.4 is 5.32 Å². The van der Waals surface area contributed by atoms with Crippen molar-refractivity contribution in [2.24, 2.45) is 0 Å². The summed E-state index contributed by atoms with van der Waals surface area (Å²) in [4.78, 5) is 33.5. The fourth-order valence-electron chi connectivity index (χ4n) is 1.68. The molecule has 0 aromatic heterocycles. The summed E-state index contributed by atoms with van der Waals surface area (Å²) in [6.07, 6.45) is -6.37. The predicted molar refractivity (Wildman–Crippen MR) is 52.8 cm³/mol. The second-order valence-electron chi connectivity index (χ2n) is 3.97. The number of β-amino-alcohol motifs (C(OH)–C–C–N with tert-alkyl or cyclic N) is 1. The van der Waals surface area contributed by atoms with Crippen LogP contribution in [-0.4, -0.2) is 64.3 Å². The number of halogens is 3. The minimum atomic E-state index is -5.11. The van der Waals surface area contributed by atoms with Gasteiger partial charge in [-0.2, -0.15) is 13.2 Å². The van der Waals surface area contributed by atoms with Crippen LogP contribution >= 0.6 is 0 Å². The molecule has 0 bridgehead atoms. The number of carbonyl (C=O) groups is 3. The Bertz CT molecular complexity index is 398. The maximum Gasteiger partial charge on any atom is 0.471 e. The van der Waals surface area contributed by atoms with E-state index in [2.05, 4.69) is 0 Å². The smallest absolute Gasteiger partial charge is 0.471 e. The van der Waals surface area contributed by atoms with Crippen molar-refractivity contribution in [2.45, 2.75) is 24.7 Å². The number of amides is 2. The second-order valence-corrected chi connectivity index (χ2v) is 3.97. The number of carbonyl (C=O) groups excluding carboxylic acids is 2. The van der Waals surface area contributed by atoms with E-state index in [1.807, 2.05) is 0 Å². The van der Waals surface area contributed by atoms with E-state index in [9.17, 15) is 32.7 Å². The Labute approximate surface area is 105 Å². The van der Waals surface area contributed by atoms with Crippen molar-refractivity contribution in [3.8, 4) is 0 Å². The van der Waals surface area contributed by atoms with Crippen LogP contribution in [0.1, 0.15) is 6.42 Å². The maximum absolute atomic E-state index is 11.9. The van der Waals surface area contributed by atoms with Gasteiger partial charge in [-0.1, -0.05) is 0 Å². The van der Waals surface area contributed by atoms with Gasteiger partial charge in [0.05, 0.1) is 12.6 Å². The van der Waals surface area contributed by atoms with Crippen molar-refractivity contribution >= 4 is 17.8 Å². The largest absolute Gasteiger partial charge is 0.480 e. The van der Waals surface area contributed by atoms with Gasteiger partial charge in [-0.25, -0.2) is 4.79 Å². The number of nitrogens with zero attached hydrogens (tertiary/aromatic N) is 1. The SMILES string of the molecule is O=C(O)[C@@H]1C[C@@H](O)CN1C(=O)CNC(=O)C(F)(F)F. The first-order chi connectivity index (χ1) is 8.62. The van der Waals surface area contributed by atoms with E-state index in [1.54, 1.807) is 0 Å². The number of carboxylic acid groups (broad SMARTS) is 1. The number of rotatable bonds is 3. The Balaban J connectivity index is 2.58. The van der Waals surface area contributed by atoms with Crippen LogP contribution in [0, 0.1) is 0 Å². The van der Waals surface area contributed by atoms with Crippen LogP contribution in [0.15, 0.2) is 0 Å². The summed E-state index contributed by atoms with van der Waals surface area (Å²) in [7, 11) is 0. The number of likely N-dealkylation sites (tertiary alicyclic amines) is 1. The van der Waals surface area contributed by atoms with Crippen LogP contribution in [0.5, 0.6) is 0 Å². The topological polar surface area (TPSA) is 107 Å². The third-order valence-electron chi connectivity index (χ3n) is 2.54. The lowest BCUT2D eigenvalue weighted by Crippen LogP contribution is -2.47. The van der Waals surface area contributed by atoms with Gasteiger partial charge >= 0.3 is 18.1 Å². The van der Waals surface area contributed by atoms with Crippen molar-refractivity contribution in [1.82, 2.24) is 10.2 Å². The molecular formula is C9H11F3N2O5. The molecule has 3 N–H and O–H groups in total. The van der Waals surface area contributed by atoms with Gasteiger partial charge in [-0.3, -0.25) is 9.59 Å². The number of hydrogen-bond donors (Lipinski definition) is 3. The first-order valence-corrected chi connectivity index (χ1v) is 5.18. The quantitative estimate of drug-likeness (QED) is 0.598. The number of alkyl halides is 3. The predicted octanol–water partition coefficient (Wildman–Crippen LogP) is -1.29. The van der Waals surface area contributed by atoms with E-state index >= 15 is 0 Å². The fourth-order valence-corrected chi connectivity index (χ4v) is 1.68. The van der Waals surface area contributed by atoms with E-state index in [0.717, 1.165) is 4.90 Å². The Morgan fingerprint density at radius 3 is 2.37 bits per heavy atom. The zero-order valence-electron chi connectivity index (χ0n) is 9.48. The van der Waals surface area contributed by atoms with Crippen molar-refractivity contribution in [1.29, 1.82) is 0 Å². The molecule has 19 heavy (non-hydrogen) atoms. The first kappa shape index (κ1) is 15.2. The van der Waals surface area contributed by atoms with Crippen molar-refractivity contribution in [3.05, 3.63) is 0 Å². The maximum atomic E-state index is 11.9. The number of aliphatic hydroxyl groups excluding tert-OH is 1. The molecule has 1 rings (SSSR count). The highest BCUT2D eigenvalue weighted by atomic mass is 19.4. The summed E-state index contributed by atoms with van der Waals surface area (Å²) < 4.78 is 35.6. The van der Waals surface area contributed by atoms with Crippen molar-refractivity contribution in [3.63, 3.8) is 0 Å². The lowest BCUT2D eigenvalue weighted by molar-refractivity contribution is -0.174. The summed E-state index contributed by atoms with van der Waals surface area (Å²) in [5, 5.41) is 19.4. The normalized spacial score (nSPS) is 23.3. The molecule has 0 aromatic carbocycles. The van der Waals surface area contributed by atoms with Gasteiger partial charge in [0, 0.05) is 13.0 Å². The summed E-state index contributed by atoms with van der Waals surface area (Å²) >= 11 is 0. The fraction of sp³-hybridized carbons (Fsp3) is 0.667. The highest BCUT2D eigenvalue weighted by Gasteiger charge is 2.41. The molecule has 2 atom stereocenters. The molecule has 108 valence electrons. The molecule has 0 spiro atoms. The summed E-state index contributed by atoms with van der Waals surface area (Å²) in [6.45, 7) is -1.27. The Morgan fingerprint density at radius 1 is 1.32 bits per heavy atom. The van der Waals surface area contributed by atoms with Crippen molar-refractivity contribution < 1.29 is 37.8 Å². The molecule has 0 unspecified atom stereocenters. The highest BCUT2D eigenvalue weighted by molar-refractivity contribution is 5.89. The summed E-state index contributed by atoms with van der Waals surface area (Å²) in [6, 6.07) is -1.30. The first-order valence-electron chi connectivity index (χ1n) is 5.18. The molecule has 1 aliphatic rings. The van der Waals surface area contributed by atoms with E-state index in [0.29, 0.717) is 0 Å². The molecular weight excluding hydrogens is 273 g/mol. The highest BCUT2D eigenvalue weighted by Crippen LogP contribution is 2.18. The minimum absolute atomic E-state index is 0.200.